The fourth-order valence-corrected chi connectivity index (χ4v) is 2.13. The van der Waals surface area contributed by atoms with Crippen LogP contribution in [0.4, 0.5) is 0 Å². The van der Waals surface area contributed by atoms with Crippen LogP contribution < -0.4 is 4.72 Å². The molecule has 0 unspecified atom stereocenters. The van der Waals surface area contributed by atoms with E-state index in [4.69, 9.17) is 5.11 Å². The molecule has 0 aromatic heterocycles. The van der Waals surface area contributed by atoms with E-state index in [1.807, 2.05) is 0 Å². The summed E-state index contributed by atoms with van der Waals surface area (Å²) in [5.74, 6) is 0. The molecular weight excluding hydrogens is 234 g/mol. The third-order valence-electron chi connectivity index (χ3n) is 1.67. The van der Waals surface area contributed by atoms with Crippen molar-refractivity contribution in [3.63, 3.8) is 0 Å². The molecule has 0 aromatic rings. The molecule has 0 aromatic carbocycles. The van der Waals surface area contributed by atoms with E-state index in [-0.39, 0.29) is 11.3 Å². The molecule has 0 bridgehead atoms. The van der Waals surface area contributed by atoms with Crippen molar-refractivity contribution in [3.8, 4) is 0 Å². The van der Waals surface area contributed by atoms with E-state index in [1.165, 1.54) is 0 Å². The molecule has 1 aliphatic rings. The third-order valence-corrected chi connectivity index (χ3v) is 4.51. The molecule has 66 valence electrons. The lowest BCUT2D eigenvalue weighted by atomic mass is 10.3. The number of alkyl halides is 1. The highest BCUT2D eigenvalue weighted by molar-refractivity contribution is 9.10. The second-order valence-electron chi connectivity index (χ2n) is 2.76. The normalized spacial score (nSPS) is 21.6. The van der Waals surface area contributed by atoms with Crippen LogP contribution in [0.5, 0.6) is 0 Å². The summed E-state index contributed by atoms with van der Waals surface area (Å²) >= 11 is 2.85. The number of aliphatic hydroxyl groups excluding tert-OH is 1. The first-order valence-corrected chi connectivity index (χ1v) is 5.99. The van der Waals surface area contributed by atoms with Crippen LogP contribution in [-0.2, 0) is 10.0 Å². The lowest BCUT2D eigenvalue weighted by molar-refractivity contribution is 0.246. The topological polar surface area (TPSA) is 66.4 Å². The molecule has 0 aliphatic heterocycles. The summed E-state index contributed by atoms with van der Waals surface area (Å²) in [5, 5.41) is 8.77. The van der Waals surface area contributed by atoms with Crippen molar-refractivity contribution in [1.29, 1.82) is 0 Å². The Labute approximate surface area is 74.2 Å². The van der Waals surface area contributed by atoms with E-state index in [1.54, 1.807) is 0 Å². The number of sulfonamides is 1. The molecule has 4 nitrogen and oxygen atoms in total. The largest absolute Gasteiger partial charge is 0.394 e. The minimum Gasteiger partial charge on any atom is -0.394 e. The quantitative estimate of drug-likeness (QED) is 0.672. The molecule has 0 spiro atoms. The number of rotatable bonds is 4. The van der Waals surface area contributed by atoms with Gasteiger partial charge in [0.25, 0.3) is 0 Å². The Balaban J connectivity index is 2.55. The molecule has 1 aliphatic carbocycles. The maximum Gasteiger partial charge on any atom is 0.222 e. The van der Waals surface area contributed by atoms with Crippen molar-refractivity contribution >= 4 is 26.0 Å². The molecule has 1 saturated carbocycles. The molecular formula is C5H10BrNO3S. The van der Waals surface area contributed by atoms with E-state index >= 15 is 0 Å². The zero-order chi connectivity index (χ0) is 8.54. The summed E-state index contributed by atoms with van der Waals surface area (Å²) < 4.78 is 24.2. The highest BCUT2D eigenvalue weighted by Gasteiger charge is 2.44. The average molecular weight is 244 g/mol. The molecule has 0 amide bonds. The molecule has 0 radical (unpaired) electrons. The van der Waals surface area contributed by atoms with E-state index in [9.17, 15) is 8.42 Å². The van der Waals surface area contributed by atoms with Gasteiger partial charge in [0.05, 0.1) is 12.1 Å². The van der Waals surface area contributed by atoms with Gasteiger partial charge in [-0.3, -0.25) is 0 Å². The zero-order valence-corrected chi connectivity index (χ0v) is 8.28. The van der Waals surface area contributed by atoms with Gasteiger partial charge in [0, 0.05) is 0 Å². The van der Waals surface area contributed by atoms with Crippen molar-refractivity contribution < 1.29 is 13.5 Å². The molecule has 0 atom stereocenters. The smallest absolute Gasteiger partial charge is 0.222 e. The number of halogens is 1. The summed E-state index contributed by atoms with van der Waals surface area (Å²) in [4.78, 5) is 0. The van der Waals surface area contributed by atoms with Gasteiger partial charge in [-0.2, -0.15) is 0 Å². The highest BCUT2D eigenvalue weighted by Crippen LogP contribution is 2.35. The van der Waals surface area contributed by atoms with E-state index in [0.29, 0.717) is 0 Å². The lowest BCUT2D eigenvalue weighted by Crippen LogP contribution is -2.39. The molecule has 0 heterocycles. The first-order valence-electron chi connectivity index (χ1n) is 3.22. The molecule has 1 rings (SSSR count). The van der Waals surface area contributed by atoms with Crippen LogP contribution in [0, 0.1) is 0 Å². The summed E-state index contributed by atoms with van der Waals surface area (Å²) in [6.45, 7) is -0.112. The van der Waals surface area contributed by atoms with Crippen LogP contribution in [0.15, 0.2) is 0 Å². The number of hydrogen-bond donors (Lipinski definition) is 2. The molecule has 1 fully saturated rings. The second-order valence-corrected chi connectivity index (χ2v) is 5.79. The van der Waals surface area contributed by atoms with Crippen molar-refractivity contribution in [2.24, 2.45) is 0 Å². The average Bonchev–Trinajstić information content (AvgIpc) is 2.69. The molecule has 11 heavy (non-hydrogen) atoms. The van der Waals surface area contributed by atoms with Crippen LogP contribution in [0.25, 0.3) is 0 Å². The maximum absolute atomic E-state index is 10.9. The van der Waals surface area contributed by atoms with Gasteiger partial charge < -0.3 is 5.11 Å². The van der Waals surface area contributed by atoms with Gasteiger partial charge in [-0.15, -0.1) is 0 Å². The Hall–Kier alpha value is 0.350. The number of aliphatic hydroxyl groups is 1. The van der Waals surface area contributed by atoms with Crippen LogP contribution >= 0.6 is 15.9 Å². The second kappa shape index (κ2) is 3.01. The number of hydrogen-bond acceptors (Lipinski definition) is 3. The van der Waals surface area contributed by atoms with Crippen LogP contribution in [0.2, 0.25) is 0 Å². The van der Waals surface area contributed by atoms with Gasteiger partial charge in [0.1, 0.15) is 4.66 Å². The first-order chi connectivity index (χ1) is 5.04. The summed E-state index contributed by atoms with van der Waals surface area (Å²) in [7, 11) is -3.22. The minimum absolute atomic E-state index is 0.109. The van der Waals surface area contributed by atoms with Crippen LogP contribution in [0.1, 0.15) is 12.8 Å². The van der Waals surface area contributed by atoms with E-state index in [2.05, 4.69) is 20.7 Å². The highest BCUT2D eigenvalue weighted by atomic mass is 79.9. The maximum atomic E-state index is 10.9. The van der Waals surface area contributed by atoms with Crippen LogP contribution in [-0.4, -0.2) is 30.3 Å². The van der Waals surface area contributed by atoms with Gasteiger partial charge in [0.2, 0.25) is 10.0 Å². The van der Waals surface area contributed by atoms with Crippen molar-refractivity contribution in [2.75, 3.05) is 11.3 Å². The predicted octanol–water partition coefficient (Wildman–Crippen LogP) is -0.217. The molecule has 2 N–H and O–H groups in total. The standard InChI is InChI=1S/C5H10BrNO3S/c6-4-11(9,10)7-5(3-8)1-2-5/h7-8H,1-4H2. The fourth-order valence-electron chi connectivity index (χ4n) is 0.800. The van der Waals surface area contributed by atoms with Gasteiger partial charge in [-0.1, -0.05) is 15.9 Å². The molecule has 6 heteroatoms. The summed E-state index contributed by atoms with van der Waals surface area (Å²) in [6.07, 6.45) is 1.46. The fraction of sp³-hybridized carbons (Fsp3) is 1.00. The lowest BCUT2D eigenvalue weighted by Gasteiger charge is -2.12. The summed E-state index contributed by atoms with van der Waals surface area (Å²) in [6, 6.07) is 0. The summed E-state index contributed by atoms with van der Waals surface area (Å²) in [5.41, 5.74) is -0.535. The Morgan fingerprint density at radius 1 is 1.55 bits per heavy atom. The van der Waals surface area contributed by atoms with Gasteiger partial charge in [-0.25, -0.2) is 13.1 Å². The number of nitrogens with one attached hydrogen (secondary N) is 1. The Morgan fingerprint density at radius 3 is 2.36 bits per heavy atom. The third kappa shape index (κ3) is 2.40. The van der Waals surface area contributed by atoms with Crippen molar-refractivity contribution in [3.05, 3.63) is 0 Å². The monoisotopic (exact) mass is 243 g/mol. The van der Waals surface area contributed by atoms with Gasteiger partial charge >= 0.3 is 0 Å². The Morgan fingerprint density at radius 2 is 2.09 bits per heavy atom. The van der Waals surface area contributed by atoms with E-state index < -0.39 is 15.6 Å². The van der Waals surface area contributed by atoms with Gasteiger partial charge in [0.15, 0.2) is 0 Å². The van der Waals surface area contributed by atoms with Gasteiger partial charge in [-0.05, 0) is 12.8 Å². The van der Waals surface area contributed by atoms with E-state index in [0.717, 1.165) is 12.8 Å². The first kappa shape index (κ1) is 9.44. The Kier molecular flexibility index (Phi) is 2.58. The SMILES string of the molecule is O=S(=O)(CBr)NC1(CO)CC1. The zero-order valence-electron chi connectivity index (χ0n) is 5.88. The van der Waals surface area contributed by atoms with Crippen molar-refractivity contribution in [2.45, 2.75) is 18.4 Å². The Bertz CT molecular complexity index is 234. The minimum atomic E-state index is -3.22. The van der Waals surface area contributed by atoms with Crippen molar-refractivity contribution in [1.82, 2.24) is 4.72 Å². The van der Waals surface area contributed by atoms with Crippen LogP contribution in [0.3, 0.4) is 0 Å². The molecule has 0 saturated heterocycles. The predicted molar refractivity (Wildman–Crippen MR) is 44.9 cm³/mol.